The summed E-state index contributed by atoms with van der Waals surface area (Å²) in [5.74, 6) is 0.509. The first kappa shape index (κ1) is 10.9. The Hall–Kier alpha value is -1.61. The fourth-order valence-corrected chi connectivity index (χ4v) is 2.60. The maximum absolute atomic E-state index is 12.0. The zero-order chi connectivity index (χ0) is 11.4. The predicted octanol–water partition coefficient (Wildman–Crippen LogP) is 2.58. The van der Waals surface area contributed by atoms with Crippen LogP contribution in [0.5, 0.6) is 0 Å². The lowest BCUT2D eigenvalue weighted by molar-refractivity contribution is 0.682. The lowest BCUT2D eigenvalue weighted by Gasteiger charge is -2.03. The number of anilines is 1. The smallest absolute Gasteiger partial charge is 0.0574 e. The Kier molecular flexibility index (Phi) is 3.37. The van der Waals surface area contributed by atoms with Crippen LogP contribution in [0.1, 0.15) is 5.56 Å². The first-order chi connectivity index (χ1) is 7.75. The monoisotopic (exact) mass is 231 g/mol. The summed E-state index contributed by atoms with van der Waals surface area (Å²) in [4.78, 5) is 0.852. The second kappa shape index (κ2) is 4.94. The van der Waals surface area contributed by atoms with Gasteiger partial charge in [0.1, 0.15) is 0 Å². The van der Waals surface area contributed by atoms with Crippen molar-refractivity contribution in [2.45, 2.75) is 10.6 Å². The summed E-state index contributed by atoms with van der Waals surface area (Å²) >= 11 is 0. The van der Waals surface area contributed by atoms with Crippen LogP contribution >= 0.6 is 0 Å². The lowest BCUT2D eigenvalue weighted by Crippen LogP contribution is -1.97. The zero-order valence-electron chi connectivity index (χ0n) is 8.80. The molecule has 1 atom stereocenters. The van der Waals surface area contributed by atoms with Crippen LogP contribution < -0.4 is 5.73 Å². The fraction of sp³-hybridized carbons (Fsp3) is 0.0769. The van der Waals surface area contributed by atoms with Crippen molar-refractivity contribution in [3.8, 4) is 0 Å². The highest BCUT2D eigenvalue weighted by Gasteiger charge is 2.04. The number of hydrogen-bond donors (Lipinski definition) is 1. The van der Waals surface area contributed by atoms with Crippen molar-refractivity contribution >= 4 is 16.5 Å². The lowest BCUT2D eigenvalue weighted by atomic mass is 10.2. The van der Waals surface area contributed by atoms with Crippen LogP contribution in [0.15, 0.2) is 59.5 Å². The van der Waals surface area contributed by atoms with E-state index in [2.05, 4.69) is 0 Å². The van der Waals surface area contributed by atoms with Crippen molar-refractivity contribution < 1.29 is 4.21 Å². The van der Waals surface area contributed by atoms with Gasteiger partial charge in [-0.1, -0.05) is 30.3 Å². The van der Waals surface area contributed by atoms with Crippen molar-refractivity contribution in [1.82, 2.24) is 0 Å². The highest BCUT2D eigenvalue weighted by Crippen LogP contribution is 2.13. The highest BCUT2D eigenvalue weighted by atomic mass is 32.2. The Labute approximate surface area is 97.6 Å². The van der Waals surface area contributed by atoms with Crippen molar-refractivity contribution in [2.24, 2.45) is 0 Å². The first-order valence-electron chi connectivity index (χ1n) is 5.03. The SMILES string of the molecule is Nc1cccc(CS(=O)c2ccccc2)c1. The molecule has 0 bridgehead atoms. The molecular weight excluding hydrogens is 218 g/mol. The van der Waals surface area contributed by atoms with E-state index in [0.29, 0.717) is 11.4 Å². The molecule has 0 saturated carbocycles. The molecule has 0 heterocycles. The second-order valence-electron chi connectivity index (χ2n) is 3.55. The van der Waals surface area contributed by atoms with E-state index in [9.17, 15) is 4.21 Å². The van der Waals surface area contributed by atoms with E-state index >= 15 is 0 Å². The Balaban J connectivity index is 2.14. The van der Waals surface area contributed by atoms with Crippen LogP contribution in [-0.4, -0.2) is 4.21 Å². The van der Waals surface area contributed by atoms with Crippen molar-refractivity contribution in [1.29, 1.82) is 0 Å². The average Bonchev–Trinajstić information content (AvgIpc) is 2.30. The van der Waals surface area contributed by atoms with Crippen LogP contribution in [0.4, 0.5) is 5.69 Å². The van der Waals surface area contributed by atoms with Gasteiger partial charge in [0.25, 0.3) is 0 Å². The fourth-order valence-electron chi connectivity index (χ4n) is 1.49. The van der Waals surface area contributed by atoms with Gasteiger partial charge in [-0.3, -0.25) is 4.21 Å². The van der Waals surface area contributed by atoms with Crippen LogP contribution in [0, 0.1) is 0 Å². The third-order valence-electron chi connectivity index (χ3n) is 2.25. The number of benzene rings is 2. The molecule has 16 heavy (non-hydrogen) atoms. The van der Waals surface area contributed by atoms with E-state index in [1.807, 2.05) is 54.6 Å². The molecule has 2 aromatic rings. The molecule has 0 saturated heterocycles. The molecule has 2 nitrogen and oxygen atoms in total. The number of hydrogen-bond acceptors (Lipinski definition) is 2. The van der Waals surface area contributed by atoms with E-state index in [-0.39, 0.29) is 0 Å². The molecule has 2 N–H and O–H groups in total. The number of rotatable bonds is 3. The summed E-state index contributed by atoms with van der Waals surface area (Å²) in [6, 6.07) is 17.0. The largest absolute Gasteiger partial charge is 0.399 e. The van der Waals surface area contributed by atoms with Gasteiger partial charge in [-0.15, -0.1) is 0 Å². The minimum Gasteiger partial charge on any atom is -0.399 e. The predicted molar refractivity (Wildman–Crippen MR) is 67.4 cm³/mol. The summed E-state index contributed by atoms with van der Waals surface area (Å²) in [5.41, 5.74) is 7.39. The second-order valence-corrected chi connectivity index (χ2v) is 5.00. The van der Waals surface area contributed by atoms with Gasteiger partial charge in [0.15, 0.2) is 0 Å². The van der Waals surface area contributed by atoms with E-state index in [4.69, 9.17) is 5.73 Å². The molecule has 0 spiro atoms. The van der Waals surface area contributed by atoms with Gasteiger partial charge in [0.2, 0.25) is 0 Å². The Bertz CT molecular complexity index is 496. The zero-order valence-corrected chi connectivity index (χ0v) is 9.61. The van der Waals surface area contributed by atoms with E-state index in [1.165, 1.54) is 0 Å². The van der Waals surface area contributed by atoms with Gasteiger partial charge in [-0.2, -0.15) is 0 Å². The summed E-state index contributed by atoms with van der Waals surface area (Å²) in [6.07, 6.45) is 0. The normalized spacial score (nSPS) is 12.2. The van der Waals surface area contributed by atoms with Crippen LogP contribution in [0.3, 0.4) is 0 Å². The van der Waals surface area contributed by atoms with Crippen molar-refractivity contribution in [3.05, 3.63) is 60.2 Å². The van der Waals surface area contributed by atoms with E-state index in [1.54, 1.807) is 0 Å². The van der Waals surface area contributed by atoms with Gasteiger partial charge < -0.3 is 5.73 Å². The maximum Gasteiger partial charge on any atom is 0.0574 e. The third-order valence-corrected chi connectivity index (χ3v) is 3.65. The van der Waals surface area contributed by atoms with Crippen LogP contribution in [0.25, 0.3) is 0 Å². The van der Waals surface area contributed by atoms with E-state index in [0.717, 1.165) is 10.5 Å². The Morgan fingerprint density at radius 2 is 1.75 bits per heavy atom. The molecule has 0 aliphatic rings. The van der Waals surface area contributed by atoms with Crippen LogP contribution in [0.2, 0.25) is 0 Å². The van der Waals surface area contributed by atoms with Crippen molar-refractivity contribution in [3.63, 3.8) is 0 Å². The number of nitrogens with two attached hydrogens (primary N) is 1. The average molecular weight is 231 g/mol. The quantitative estimate of drug-likeness (QED) is 0.825. The van der Waals surface area contributed by atoms with Gasteiger partial charge in [-0.25, -0.2) is 0 Å². The first-order valence-corrected chi connectivity index (χ1v) is 6.35. The topological polar surface area (TPSA) is 43.1 Å². The number of nitrogen functional groups attached to an aromatic ring is 1. The molecular formula is C13H13NOS. The van der Waals surface area contributed by atoms with Gasteiger partial charge in [-0.05, 0) is 29.8 Å². The highest BCUT2D eigenvalue weighted by molar-refractivity contribution is 7.84. The molecule has 0 amide bonds. The molecule has 82 valence electrons. The van der Waals surface area contributed by atoms with Crippen molar-refractivity contribution in [2.75, 3.05) is 5.73 Å². The molecule has 3 heteroatoms. The minimum absolute atomic E-state index is 0.509. The molecule has 0 aromatic heterocycles. The summed E-state index contributed by atoms with van der Waals surface area (Å²) < 4.78 is 12.0. The Morgan fingerprint density at radius 3 is 2.44 bits per heavy atom. The standard InChI is InChI=1S/C13H13NOS/c14-12-6-4-5-11(9-12)10-16(15)13-7-2-1-3-8-13/h1-9H,10,14H2. The Morgan fingerprint density at radius 1 is 1.00 bits per heavy atom. The van der Waals surface area contributed by atoms with Crippen LogP contribution in [-0.2, 0) is 16.6 Å². The molecule has 0 aliphatic heterocycles. The molecule has 0 radical (unpaired) electrons. The van der Waals surface area contributed by atoms with Gasteiger partial charge in [0, 0.05) is 10.6 Å². The minimum atomic E-state index is -0.998. The summed E-state index contributed by atoms with van der Waals surface area (Å²) in [7, 11) is -0.998. The van der Waals surface area contributed by atoms with Gasteiger partial charge >= 0.3 is 0 Å². The third kappa shape index (κ3) is 2.70. The molecule has 0 fully saturated rings. The molecule has 1 unspecified atom stereocenters. The van der Waals surface area contributed by atoms with Gasteiger partial charge in [0.05, 0.1) is 16.6 Å². The maximum atomic E-state index is 12.0. The summed E-state index contributed by atoms with van der Waals surface area (Å²) in [5, 5.41) is 0. The molecule has 0 aliphatic carbocycles. The summed E-state index contributed by atoms with van der Waals surface area (Å²) in [6.45, 7) is 0. The molecule has 2 rings (SSSR count). The van der Waals surface area contributed by atoms with E-state index < -0.39 is 10.8 Å². The molecule has 2 aromatic carbocycles.